The van der Waals surface area contributed by atoms with Gasteiger partial charge in [-0.15, -0.1) is 0 Å². The summed E-state index contributed by atoms with van der Waals surface area (Å²) in [5.41, 5.74) is 6.22. The van der Waals surface area contributed by atoms with Gasteiger partial charge in [0.05, 0.1) is 17.3 Å². The van der Waals surface area contributed by atoms with E-state index in [1.165, 1.54) is 18.5 Å². The van der Waals surface area contributed by atoms with Crippen LogP contribution in [0.15, 0.2) is 34.1 Å². The van der Waals surface area contributed by atoms with Crippen LogP contribution in [0.5, 0.6) is 5.88 Å². The molecule has 0 aliphatic heterocycles. The van der Waals surface area contributed by atoms with E-state index in [1.54, 1.807) is 0 Å². The van der Waals surface area contributed by atoms with E-state index in [4.69, 9.17) is 22.1 Å². The normalized spacial score (nSPS) is 11.4. The standard InChI is InChI=1S/C14H12ClFN8O3/c15-8-5-7(1-2-9(8)16)21-11(17)10-14(24-27-23-10)26-4-3-18-13(25)12-19-6-20-22-12/h1-2,5-6H,3-4H2,(H2,17,21)(H,18,25)(H,19,20,22). The van der Waals surface area contributed by atoms with Gasteiger partial charge in [-0.2, -0.15) is 5.10 Å². The van der Waals surface area contributed by atoms with Crippen LogP contribution in [-0.4, -0.2) is 50.4 Å². The number of amidine groups is 1. The molecular formula is C14H12ClFN8O3. The lowest BCUT2D eigenvalue weighted by Gasteiger charge is -2.05. The molecule has 13 heteroatoms. The summed E-state index contributed by atoms with van der Waals surface area (Å²) in [5, 5.41) is 15.7. The van der Waals surface area contributed by atoms with Gasteiger partial charge in [-0.25, -0.2) is 19.0 Å². The van der Waals surface area contributed by atoms with Crippen LogP contribution in [0.4, 0.5) is 10.1 Å². The predicted molar refractivity (Wildman–Crippen MR) is 90.3 cm³/mol. The number of nitrogens with one attached hydrogen (secondary N) is 2. The molecule has 0 unspecified atom stereocenters. The summed E-state index contributed by atoms with van der Waals surface area (Å²) in [6, 6.07) is 3.85. The van der Waals surface area contributed by atoms with Gasteiger partial charge in [0.25, 0.3) is 11.8 Å². The van der Waals surface area contributed by atoms with E-state index in [0.29, 0.717) is 5.69 Å². The molecule has 3 aromatic rings. The number of rotatable bonds is 7. The van der Waals surface area contributed by atoms with E-state index >= 15 is 0 Å². The van der Waals surface area contributed by atoms with E-state index in [1.807, 2.05) is 0 Å². The number of hydrogen-bond acceptors (Lipinski definition) is 8. The fraction of sp³-hybridized carbons (Fsp3) is 0.143. The second-order valence-electron chi connectivity index (χ2n) is 4.95. The van der Waals surface area contributed by atoms with Gasteiger partial charge >= 0.3 is 0 Å². The van der Waals surface area contributed by atoms with Crippen molar-refractivity contribution in [3.63, 3.8) is 0 Å². The molecule has 2 heterocycles. The first kappa shape index (κ1) is 18.3. The SMILES string of the molecule is NC(=Nc1ccc(F)c(Cl)c1)c1nonc1OCCNC(=O)c1ncn[nH]1. The molecule has 0 radical (unpaired) electrons. The molecule has 1 aromatic carbocycles. The highest BCUT2D eigenvalue weighted by Gasteiger charge is 2.16. The molecule has 0 saturated carbocycles. The molecule has 0 atom stereocenters. The van der Waals surface area contributed by atoms with Gasteiger partial charge in [0, 0.05) is 0 Å². The summed E-state index contributed by atoms with van der Waals surface area (Å²) >= 11 is 5.70. The highest BCUT2D eigenvalue weighted by molar-refractivity contribution is 6.31. The Bertz CT molecular complexity index is 959. The number of amides is 1. The molecule has 0 saturated heterocycles. The Hall–Kier alpha value is -3.54. The Labute approximate surface area is 155 Å². The highest BCUT2D eigenvalue weighted by Crippen LogP contribution is 2.22. The van der Waals surface area contributed by atoms with Crippen LogP contribution in [0.2, 0.25) is 5.02 Å². The number of halogens is 2. The number of carbonyl (C=O) groups excluding carboxylic acids is 1. The van der Waals surface area contributed by atoms with E-state index in [0.717, 1.165) is 6.07 Å². The van der Waals surface area contributed by atoms with Gasteiger partial charge in [0.15, 0.2) is 5.84 Å². The largest absolute Gasteiger partial charge is 0.472 e. The minimum absolute atomic E-state index is 0.0154. The Morgan fingerprint density at radius 3 is 3.04 bits per heavy atom. The number of nitrogens with zero attached hydrogens (tertiary/aromatic N) is 5. The number of ether oxygens (including phenoxy) is 1. The van der Waals surface area contributed by atoms with Crippen molar-refractivity contribution in [3.8, 4) is 5.88 Å². The molecule has 0 spiro atoms. The van der Waals surface area contributed by atoms with Crippen LogP contribution in [0.1, 0.15) is 16.3 Å². The second-order valence-corrected chi connectivity index (χ2v) is 5.36. The molecule has 3 rings (SSSR count). The van der Waals surface area contributed by atoms with Crippen molar-refractivity contribution >= 4 is 29.0 Å². The lowest BCUT2D eigenvalue weighted by molar-refractivity contribution is 0.0936. The lowest BCUT2D eigenvalue weighted by Crippen LogP contribution is -2.29. The number of aromatic nitrogens is 5. The molecule has 27 heavy (non-hydrogen) atoms. The first-order chi connectivity index (χ1) is 13.0. The molecule has 4 N–H and O–H groups in total. The van der Waals surface area contributed by atoms with Crippen molar-refractivity contribution in [1.29, 1.82) is 0 Å². The number of hydrogen-bond donors (Lipinski definition) is 3. The highest BCUT2D eigenvalue weighted by atomic mass is 35.5. The average molecular weight is 395 g/mol. The molecule has 140 valence electrons. The summed E-state index contributed by atoms with van der Waals surface area (Å²) in [5.74, 6) is -1.02. The Kier molecular flexibility index (Phi) is 5.56. The number of aromatic amines is 1. The fourth-order valence-electron chi connectivity index (χ4n) is 1.89. The monoisotopic (exact) mass is 394 g/mol. The third-order valence-electron chi connectivity index (χ3n) is 3.11. The third kappa shape index (κ3) is 4.55. The lowest BCUT2D eigenvalue weighted by atomic mass is 10.3. The van der Waals surface area contributed by atoms with E-state index < -0.39 is 11.7 Å². The van der Waals surface area contributed by atoms with Gasteiger partial charge in [0.1, 0.15) is 18.8 Å². The van der Waals surface area contributed by atoms with Crippen molar-refractivity contribution in [2.24, 2.45) is 10.7 Å². The molecule has 2 aromatic heterocycles. The van der Waals surface area contributed by atoms with Crippen LogP contribution in [-0.2, 0) is 0 Å². The zero-order chi connectivity index (χ0) is 19.2. The maximum absolute atomic E-state index is 13.2. The smallest absolute Gasteiger partial charge is 0.288 e. The van der Waals surface area contributed by atoms with E-state index in [9.17, 15) is 9.18 Å². The maximum atomic E-state index is 13.2. The van der Waals surface area contributed by atoms with Gasteiger partial charge < -0.3 is 15.8 Å². The quantitative estimate of drug-likeness (QED) is 0.302. The first-order valence-corrected chi connectivity index (χ1v) is 7.81. The third-order valence-corrected chi connectivity index (χ3v) is 3.40. The zero-order valence-corrected chi connectivity index (χ0v) is 14.3. The molecular weight excluding hydrogens is 383 g/mol. The molecule has 0 fully saturated rings. The summed E-state index contributed by atoms with van der Waals surface area (Å²) in [6.07, 6.45) is 1.22. The topological polar surface area (TPSA) is 157 Å². The van der Waals surface area contributed by atoms with Crippen LogP contribution >= 0.6 is 11.6 Å². The van der Waals surface area contributed by atoms with Crippen LogP contribution < -0.4 is 15.8 Å². The maximum Gasteiger partial charge on any atom is 0.288 e. The number of H-pyrrole nitrogens is 1. The summed E-state index contributed by atoms with van der Waals surface area (Å²) < 4.78 is 23.2. The van der Waals surface area contributed by atoms with Crippen molar-refractivity contribution < 1.29 is 18.6 Å². The van der Waals surface area contributed by atoms with Crippen molar-refractivity contribution in [3.05, 3.63) is 46.9 Å². The van der Waals surface area contributed by atoms with Gasteiger partial charge in [-0.1, -0.05) is 11.6 Å². The van der Waals surface area contributed by atoms with Crippen LogP contribution in [0, 0.1) is 5.82 Å². The Morgan fingerprint density at radius 1 is 1.44 bits per heavy atom. The zero-order valence-electron chi connectivity index (χ0n) is 13.5. The predicted octanol–water partition coefficient (Wildman–Crippen LogP) is 0.826. The molecule has 0 aliphatic carbocycles. The molecule has 0 bridgehead atoms. The summed E-state index contributed by atoms with van der Waals surface area (Å²) in [4.78, 5) is 19.5. The first-order valence-electron chi connectivity index (χ1n) is 7.43. The summed E-state index contributed by atoms with van der Waals surface area (Å²) in [7, 11) is 0. The van der Waals surface area contributed by atoms with Gasteiger partial charge in [-0.3, -0.25) is 9.89 Å². The van der Waals surface area contributed by atoms with Crippen LogP contribution in [0.3, 0.4) is 0 Å². The van der Waals surface area contributed by atoms with Gasteiger partial charge in [-0.05, 0) is 28.5 Å². The molecule has 11 nitrogen and oxygen atoms in total. The number of nitrogens with two attached hydrogens (primary N) is 1. The minimum atomic E-state index is -0.575. The van der Waals surface area contributed by atoms with E-state index in [2.05, 4.69) is 40.4 Å². The van der Waals surface area contributed by atoms with Crippen molar-refractivity contribution in [2.45, 2.75) is 0 Å². The summed E-state index contributed by atoms with van der Waals surface area (Å²) in [6.45, 7) is 0.202. The number of aliphatic imine (C=N–C) groups is 1. The molecule has 0 aliphatic rings. The molecule has 1 amide bonds. The van der Waals surface area contributed by atoms with Gasteiger partial charge in [0.2, 0.25) is 11.5 Å². The minimum Gasteiger partial charge on any atom is -0.472 e. The average Bonchev–Trinajstić information content (AvgIpc) is 3.33. The fourth-order valence-corrected chi connectivity index (χ4v) is 2.06. The van der Waals surface area contributed by atoms with E-state index in [-0.39, 0.29) is 41.4 Å². The Balaban J connectivity index is 1.59. The van der Waals surface area contributed by atoms with Crippen molar-refractivity contribution in [1.82, 2.24) is 30.8 Å². The second kappa shape index (κ2) is 8.23. The number of benzene rings is 1. The van der Waals surface area contributed by atoms with Crippen LogP contribution in [0.25, 0.3) is 0 Å². The Morgan fingerprint density at radius 2 is 2.30 bits per heavy atom. The number of carbonyl (C=O) groups is 1. The van der Waals surface area contributed by atoms with Crippen molar-refractivity contribution in [2.75, 3.05) is 13.2 Å².